The second kappa shape index (κ2) is 7.46. The molecule has 0 bridgehead atoms. The lowest BCUT2D eigenvalue weighted by Crippen LogP contribution is -1.97. The van der Waals surface area contributed by atoms with Gasteiger partial charge in [-0.15, -0.1) is 5.10 Å². The average Bonchev–Trinajstić information content (AvgIpc) is 2.90. The second-order valence-electron chi connectivity index (χ2n) is 4.42. The number of nitrogens with zero attached hydrogens (tertiary/aromatic N) is 2. The maximum atomic E-state index is 11.4. The van der Waals surface area contributed by atoms with Gasteiger partial charge in [0, 0.05) is 10.9 Å². The number of carboxylic acids is 1. The standard InChI is InChI=1S/C14H14BrN3O3S/c1-2-3-12-16-14(18-17-12)22-11(13(20)21)7-8-4-5-10(19)9(15)6-8/h4-7,19H,2-3H2,1H3,(H,20,21)(H,16,17,18)/p-1/b11-7-. The Morgan fingerprint density at radius 1 is 1.55 bits per heavy atom. The largest absolute Gasteiger partial charge is 0.872 e. The number of thioether (sulfide) groups is 1. The van der Waals surface area contributed by atoms with Crippen molar-refractivity contribution in [1.82, 2.24) is 15.2 Å². The van der Waals surface area contributed by atoms with Crippen molar-refractivity contribution in [3.63, 3.8) is 0 Å². The molecule has 2 N–H and O–H groups in total. The Labute approximate surface area is 139 Å². The van der Waals surface area contributed by atoms with Gasteiger partial charge in [0.15, 0.2) is 0 Å². The van der Waals surface area contributed by atoms with Crippen LogP contribution in [0.25, 0.3) is 6.08 Å². The topological polar surface area (TPSA) is 102 Å². The van der Waals surface area contributed by atoms with Crippen LogP contribution in [0.15, 0.2) is 32.7 Å². The SMILES string of the molecule is CCCc1nc(S/C(=C\c2ccc([O-])c(Br)c2)C(=O)O)n[nH]1. The molecule has 0 fully saturated rings. The van der Waals surface area contributed by atoms with Crippen LogP contribution in [-0.2, 0) is 11.2 Å². The van der Waals surface area contributed by atoms with Crippen molar-refractivity contribution >= 4 is 39.7 Å². The number of hydrogen-bond acceptors (Lipinski definition) is 5. The van der Waals surface area contributed by atoms with Gasteiger partial charge in [-0.25, -0.2) is 9.78 Å². The summed E-state index contributed by atoms with van der Waals surface area (Å²) >= 11 is 4.10. The van der Waals surface area contributed by atoms with Crippen molar-refractivity contribution in [2.24, 2.45) is 0 Å². The molecule has 1 aromatic heterocycles. The van der Waals surface area contributed by atoms with Gasteiger partial charge in [-0.1, -0.05) is 40.7 Å². The van der Waals surface area contributed by atoms with Crippen LogP contribution in [0.3, 0.4) is 0 Å². The van der Waals surface area contributed by atoms with E-state index >= 15 is 0 Å². The number of hydrogen-bond donors (Lipinski definition) is 2. The first-order valence-electron chi connectivity index (χ1n) is 6.50. The predicted octanol–water partition coefficient (Wildman–Crippen LogP) is 2.81. The molecule has 1 heterocycles. The van der Waals surface area contributed by atoms with Crippen molar-refractivity contribution in [3.8, 4) is 5.75 Å². The van der Waals surface area contributed by atoms with Crippen LogP contribution in [0, 0.1) is 0 Å². The molecule has 6 nitrogen and oxygen atoms in total. The van der Waals surface area contributed by atoms with Gasteiger partial charge in [-0.05, 0) is 35.9 Å². The Morgan fingerprint density at radius 3 is 2.95 bits per heavy atom. The molecule has 0 amide bonds. The van der Waals surface area contributed by atoms with Gasteiger partial charge in [0.2, 0.25) is 5.16 Å². The van der Waals surface area contributed by atoms with E-state index in [9.17, 15) is 15.0 Å². The molecule has 0 unspecified atom stereocenters. The van der Waals surface area contributed by atoms with Crippen LogP contribution in [0.1, 0.15) is 24.7 Å². The maximum Gasteiger partial charge on any atom is 0.342 e. The zero-order chi connectivity index (χ0) is 16.1. The summed E-state index contributed by atoms with van der Waals surface area (Å²) in [5, 5.41) is 27.8. The van der Waals surface area contributed by atoms with Gasteiger partial charge in [-0.2, -0.15) is 0 Å². The van der Waals surface area contributed by atoms with Crippen LogP contribution < -0.4 is 5.11 Å². The van der Waals surface area contributed by atoms with Gasteiger partial charge >= 0.3 is 5.97 Å². The van der Waals surface area contributed by atoms with Gasteiger partial charge in [0.25, 0.3) is 0 Å². The Kier molecular flexibility index (Phi) is 5.62. The van der Waals surface area contributed by atoms with E-state index in [1.807, 2.05) is 6.92 Å². The maximum absolute atomic E-state index is 11.4. The smallest absolute Gasteiger partial charge is 0.342 e. The fourth-order valence-electron chi connectivity index (χ4n) is 1.66. The normalized spacial score (nSPS) is 11.6. The first kappa shape index (κ1) is 16.6. The molecule has 1 aromatic carbocycles. The van der Waals surface area contributed by atoms with E-state index in [4.69, 9.17) is 0 Å². The van der Waals surface area contributed by atoms with Crippen molar-refractivity contribution < 1.29 is 15.0 Å². The van der Waals surface area contributed by atoms with Crippen molar-refractivity contribution in [2.75, 3.05) is 0 Å². The third kappa shape index (κ3) is 4.35. The van der Waals surface area contributed by atoms with Crippen LogP contribution in [0.5, 0.6) is 5.75 Å². The van der Waals surface area contributed by atoms with Crippen molar-refractivity contribution in [1.29, 1.82) is 0 Å². The number of aryl methyl sites for hydroxylation is 1. The van der Waals surface area contributed by atoms with E-state index in [0.29, 0.717) is 15.2 Å². The molecule has 0 aliphatic rings. The molecule has 0 saturated heterocycles. The third-order valence-electron chi connectivity index (χ3n) is 2.66. The molecule has 0 aliphatic heterocycles. The fourth-order valence-corrected chi connectivity index (χ4v) is 2.79. The Bertz CT molecular complexity index is 715. The molecular formula is C14H13BrN3O3S-. The number of H-pyrrole nitrogens is 1. The summed E-state index contributed by atoms with van der Waals surface area (Å²) < 4.78 is 0.388. The molecule has 0 aliphatic carbocycles. The van der Waals surface area contributed by atoms with E-state index in [1.165, 1.54) is 12.1 Å². The first-order valence-corrected chi connectivity index (χ1v) is 8.11. The molecule has 0 spiro atoms. The highest BCUT2D eigenvalue weighted by Crippen LogP contribution is 2.28. The highest BCUT2D eigenvalue weighted by molar-refractivity contribution is 9.10. The Hall–Kier alpha value is -1.80. The van der Waals surface area contributed by atoms with E-state index in [1.54, 1.807) is 12.1 Å². The number of benzene rings is 1. The molecule has 0 saturated carbocycles. The number of carbonyl (C=O) groups is 1. The van der Waals surface area contributed by atoms with Crippen LogP contribution >= 0.6 is 27.7 Å². The highest BCUT2D eigenvalue weighted by atomic mass is 79.9. The van der Waals surface area contributed by atoms with Gasteiger partial charge in [-0.3, -0.25) is 5.10 Å². The molecule has 116 valence electrons. The number of carboxylic acid groups (broad SMARTS) is 1. The minimum Gasteiger partial charge on any atom is -0.872 e. The van der Waals surface area contributed by atoms with E-state index in [0.717, 1.165) is 30.4 Å². The number of aromatic nitrogens is 3. The fraction of sp³-hybridized carbons (Fsp3) is 0.214. The highest BCUT2D eigenvalue weighted by Gasteiger charge is 2.13. The van der Waals surface area contributed by atoms with Crippen LogP contribution in [0.4, 0.5) is 0 Å². The summed E-state index contributed by atoms with van der Waals surface area (Å²) in [5.74, 6) is -0.498. The summed E-state index contributed by atoms with van der Waals surface area (Å²) in [6, 6.07) is 4.52. The molecule has 0 atom stereocenters. The lowest BCUT2D eigenvalue weighted by Gasteiger charge is -2.08. The summed E-state index contributed by atoms with van der Waals surface area (Å²) in [6.45, 7) is 2.02. The lowest BCUT2D eigenvalue weighted by atomic mass is 10.2. The summed E-state index contributed by atoms with van der Waals surface area (Å²) in [4.78, 5) is 15.7. The minimum atomic E-state index is -1.07. The number of aromatic amines is 1. The zero-order valence-corrected chi connectivity index (χ0v) is 14.1. The zero-order valence-electron chi connectivity index (χ0n) is 11.7. The number of nitrogens with one attached hydrogen (secondary N) is 1. The monoisotopic (exact) mass is 382 g/mol. The summed E-state index contributed by atoms with van der Waals surface area (Å²) in [5.41, 5.74) is 0.612. The molecule has 2 aromatic rings. The number of halogens is 1. The Morgan fingerprint density at radius 2 is 2.32 bits per heavy atom. The second-order valence-corrected chi connectivity index (χ2v) is 6.28. The molecule has 8 heteroatoms. The Balaban J connectivity index is 2.23. The van der Waals surface area contributed by atoms with Gasteiger partial charge in [0.1, 0.15) is 10.7 Å². The molecule has 0 radical (unpaired) electrons. The van der Waals surface area contributed by atoms with E-state index in [-0.39, 0.29) is 10.7 Å². The lowest BCUT2D eigenvalue weighted by molar-refractivity contribution is -0.269. The third-order valence-corrected chi connectivity index (χ3v) is 4.16. The average molecular weight is 383 g/mol. The number of aliphatic carboxylic acids is 1. The van der Waals surface area contributed by atoms with Gasteiger partial charge < -0.3 is 10.2 Å². The van der Waals surface area contributed by atoms with E-state index < -0.39 is 5.97 Å². The van der Waals surface area contributed by atoms with Crippen LogP contribution in [0.2, 0.25) is 0 Å². The summed E-state index contributed by atoms with van der Waals surface area (Å²) in [7, 11) is 0. The molecular weight excluding hydrogens is 370 g/mol. The molecule has 22 heavy (non-hydrogen) atoms. The predicted molar refractivity (Wildman–Crippen MR) is 85.4 cm³/mol. The first-order chi connectivity index (χ1) is 10.5. The van der Waals surface area contributed by atoms with E-state index in [2.05, 4.69) is 31.1 Å². The van der Waals surface area contributed by atoms with Gasteiger partial charge in [0.05, 0.1) is 0 Å². The summed E-state index contributed by atoms with van der Waals surface area (Å²) in [6.07, 6.45) is 3.17. The quantitative estimate of drug-likeness (QED) is 0.588. The minimum absolute atomic E-state index is 0.0765. The molecule has 2 rings (SSSR count). The number of rotatable bonds is 6. The van der Waals surface area contributed by atoms with Crippen LogP contribution in [-0.4, -0.2) is 26.3 Å². The van der Waals surface area contributed by atoms with Crippen molar-refractivity contribution in [2.45, 2.75) is 24.9 Å². The van der Waals surface area contributed by atoms with Crippen molar-refractivity contribution in [3.05, 3.63) is 39.0 Å².